The fraction of sp³-hybridized carbons (Fsp3) is 0.667. The van der Waals surface area contributed by atoms with Crippen molar-refractivity contribution in [2.24, 2.45) is 5.92 Å². The summed E-state index contributed by atoms with van der Waals surface area (Å²) in [6.45, 7) is 8.34. The molecule has 33 heavy (non-hydrogen) atoms. The van der Waals surface area contributed by atoms with Crippen LogP contribution in [0.5, 0.6) is 0 Å². The van der Waals surface area contributed by atoms with Crippen molar-refractivity contribution >= 4 is 11.8 Å². The molecule has 0 bridgehead atoms. The standard InChI is InChI=1S/C24H33N5O4/c1-16(2)7-10-29-20-8-9-28(24(31)22-17-5-3-4-6-19(17)26-33-22)15-18(20)21(25-29)23(30)27-11-13-32-14-12-27/h16H,3-15H2,1-2H3. The Morgan fingerprint density at radius 2 is 1.76 bits per heavy atom. The maximum absolute atomic E-state index is 13.4. The summed E-state index contributed by atoms with van der Waals surface area (Å²) in [6.07, 6.45) is 5.53. The minimum atomic E-state index is -0.129. The van der Waals surface area contributed by atoms with Crippen LogP contribution < -0.4 is 0 Å². The van der Waals surface area contributed by atoms with E-state index in [0.717, 1.165) is 61.2 Å². The van der Waals surface area contributed by atoms with Crippen molar-refractivity contribution in [1.82, 2.24) is 24.7 Å². The first-order valence-corrected chi connectivity index (χ1v) is 12.2. The number of fused-ring (bicyclic) bond motifs is 2. The van der Waals surface area contributed by atoms with E-state index in [1.165, 1.54) is 0 Å². The summed E-state index contributed by atoms with van der Waals surface area (Å²) in [6, 6.07) is 0. The van der Waals surface area contributed by atoms with Crippen LogP contribution in [0.25, 0.3) is 0 Å². The monoisotopic (exact) mass is 455 g/mol. The number of aryl methyl sites for hydroxylation is 2. The highest BCUT2D eigenvalue weighted by Gasteiger charge is 2.35. The van der Waals surface area contributed by atoms with Gasteiger partial charge in [0.2, 0.25) is 5.76 Å². The molecule has 0 unspecified atom stereocenters. The van der Waals surface area contributed by atoms with Crippen LogP contribution in [0.15, 0.2) is 4.52 Å². The Labute approximate surface area is 194 Å². The van der Waals surface area contributed by atoms with Crippen LogP contribution in [-0.4, -0.2) is 69.4 Å². The number of nitrogens with zero attached hydrogens (tertiary/aromatic N) is 5. The van der Waals surface area contributed by atoms with Gasteiger partial charge in [-0.15, -0.1) is 0 Å². The number of morpholine rings is 1. The third-order valence-corrected chi connectivity index (χ3v) is 6.99. The Morgan fingerprint density at radius 1 is 0.970 bits per heavy atom. The molecule has 0 atom stereocenters. The van der Waals surface area contributed by atoms with Gasteiger partial charge in [0, 0.05) is 49.4 Å². The first-order valence-electron chi connectivity index (χ1n) is 12.2. The molecule has 0 aromatic carbocycles. The third kappa shape index (κ3) is 4.30. The molecule has 0 radical (unpaired) electrons. The van der Waals surface area contributed by atoms with E-state index < -0.39 is 0 Å². The molecule has 0 spiro atoms. The Balaban J connectivity index is 1.43. The summed E-state index contributed by atoms with van der Waals surface area (Å²) in [5.74, 6) is 0.726. The minimum Gasteiger partial charge on any atom is -0.378 e. The van der Waals surface area contributed by atoms with Gasteiger partial charge in [0.05, 0.1) is 25.5 Å². The lowest BCUT2D eigenvalue weighted by Gasteiger charge is -2.29. The number of carbonyl (C=O) groups excluding carboxylic acids is 2. The smallest absolute Gasteiger partial charge is 0.293 e. The Bertz CT molecular complexity index is 1030. The second-order valence-electron chi connectivity index (χ2n) is 9.70. The molecule has 2 amide bonds. The van der Waals surface area contributed by atoms with E-state index in [9.17, 15) is 9.59 Å². The molecule has 178 valence electrons. The molecule has 1 fully saturated rings. The highest BCUT2D eigenvalue weighted by atomic mass is 16.5. The van der Waals surface area contributed by atoms with E-state index in [1.54, 1.807) is 4.90 Å². The number of hydrogen-bond acceptors (Lipinski definition) is 6. The summed E-state index contributed by atoms with van der Waals surface area (Å²) >= 11 is 0. The minimum absolute atomic E-state index is 0.0656. The number of rotatable bonds is 5. The molecule has 2 aliphatic heterocycles. The summed E-state index contributed by atoms with van der Waals surface area (Å²) < 4.78 is 12.9. The molecule has 9 heteroatoms. The van der Waals surface area contributed by atoms with Crippen molar-refractivity contribution in [3.8, 4) is 0 Å². The second kappa shape index (κ2) is 9.29. The Morgan fingerprint density at radius 3 is 2.55 bits per heavy atom. The van der Waals surface area contributed by atoms with E-state index in [4.69, 9.17) is 14.4 Å². The van der Waals surface area contributed by atoms with Crippen molar-refractivity contribution in [1.29, 1.82) is 0 Å². The van der Waals surface area contributed by atoms with E-state index >= 15 is 0 Å². The van der Waals surface area contributed by atoms with Crippen LogP contribution in [0.3, 0.4) is 0 Å². The Hall–Kier alpha value is -2.68. The number of ether oxygens (including phenoxy) is 1. The van der Waals surface area contributed by atoms with Gasteiger partial charge in [-0.05, 0) is 38.0 Å². The molecule has 5 rings (SSSR count). The molecule has 3 aliphatic rings. The molecule has 1 saturated heterocycles. The molecule has 9 nitrogen and oxygen atoms in total. The van der Waals surface area contributed by atoms with Gasteiger partial charge in [-0.3, -0.25) is 14.3 Å². The van der Waals surface area contributed by atoms with Gasteiger partial charge in [-0.1, -0.05) is 19.0 Å². The van der Waals surface area contributed by atoms with E-state index in [-0.39, 0.29) is 11.8 Å². The molecule has 2 aromatic rings. The number of aromatic nitrogens is 3. The fourth-order valence-electron chi connectivity index (χ4n) is 5.02. The Kier molecular flexibility index (Phi) is 6.23. The van der Waals surface area contributed by atoms with E-state index in [0.29, 0.717) is 63.2 Å². The first kappa shape index (κ1) is 22.1. The first-order chi connectivity index (χ1) is 16.0. The summed E-state index contributed by atoms with van der Waals surface area (Å²) in [7, 11) is 0. The van der Waals surface area contributed by atoms with Crippen molar-refractivity contribution in [3.05, 3.63) is 34.0 Å². The lowest BCUT2D eigenvalue weighted by Crippen LogP contribution is -2.42. The van der Waals surface area contributed by atoms with Crippen molar-refractivity contribution in [2.45, 2.75) is 65.5 Å². The van der Waals surface area contributed by atoms with E-state index in [2.05, 4.69) is 19.0 Å². The largest absolute Gasteiger partial charge is 0.378 e. The normalized spacial score (nSPS) is 18.4. The predicted octanol–water partition coefficient (Wildman–Crippen LogP) is 2.47. The maximum Gasteiger partial charge on any atom is 0.293 e. The van der Waals surface area contributed by atoms with Crippen LogP contribution in [0.1, 0.15) is 76.7 Å². The maximum atomic E-state index is 13.4. The van der Waals surface area contributed by atoms with Gasteiger partial charge in [0.25, 0.3) is 11.8 Å². The quantitative estimate of drug-likeness (QED) is 0.688. The van der Waals surface area contributed by atoms with Crippen LogP contribution in [-0.2, 0) is 37.1 Å². The fourth-order valence-corrected chi connectivity index (χ4v) is 5.02. The van der Waals surface area contributed by atoms with E-state index in [1.807, 2.05) is 9.58 Å². The van der Waals surface area contributed by atoms with Crippen molar-refractivity contribution in [3.63, 3.8) is 0 Å². The molecular weight excluding hydrogens is 422 g/mol. The number of amides is 2. The molecule has 4 heterocycles. The molecular formula is C24H33N5O4. The molecule has 0 N–H and O–H groups in total. The predicted molar refractivity (Wildman–Crippen MR) is 120 cm³/mol. The van der Waals surface area contributed by atoms with Gasteiger partial charge in [-0.2, -0.15) is 5.10 Å². The van der Waals surface area contributed by atoms with Crippen LogP contribution >= 0.6 is 0 Å². The number of hydrogen-bond donors (Lipinski definition) is 0. The topological polar surface area (TPSA) is 93.7 Å². The van der Waals surface area contributed by atoms with Crippen LogP contribution in [0.4, 0.5) is 0 Å². The van der Waals surface area contributed by atoms with Gasteiger partial charge >= 0.3 is 0 Å². The van der Waals surface area contributed by atoms with Crippen molar-refractivity contribution in [2.75, 3.05) is 32.8 Å². The van der Waals surface area contributed by atoms with Gasteiger partial charge in [0.1, 0.15) is 0 Å². The average molecular weight is 456 g/mol. The highest BCUT2D eigenvalue weighted by Crippen LogP contribution is 2.29. The highest BCUT2D eigenvalue weighted by molar-refractivity contribution is 5.96. The summed E-state index contributed by atoms with van der Waals surface area (Å²) in [5.41, 5.74) is 4.33. The second-order valence-corrected chi connectivity index (χ2v) is 9.70. The molecule has 1 aliphatic carbocycles. The summed E-state index contributed by atoms with van der Waals surface area (Å²) in [5, 5.41) is 8.93. The van der Waals surface area contributed by atoms with Gasteiger partial charge in [0.15, 0.2) is 5.69 Å². The lowest BCUT2D eigenvalue weighted by atomic mass is 9.95. The zero-order valence-corrected chi connectivity index (χ0v) is 19.6. The van der Waals surface area contributed by atoms with Crippen LogP contribution in [0.2, 0.25) is 0 Å². The third-order valence-electron chi connectivity index (χ3n) is 6.99. The zero-order valence-electron chi connectivity index (χ0n) is 19.6. The van der Waals surface area contributed by atoms with Gasteiger partial charge in [-0.25, -0.2) is 0 Å². The lowest BCUT2D eigenvalue weighted by molar-refractivity contribution is 0.0296. The average Bonchev–Trinajstić information content (AvgIpc) is 3.44. The zero-order chi connectivity index (χ0) is 22.9. The number of carbonyl (C=O) groups is 2. The van der Waals surface area contributed by atoms with Gasteiger partial charge < -0.3 is 19.1 Å². The SMILES string of the molecule is CC(C)CCn1nc(C(=O)N2CCOCC2)c2c1CCN(C(=O)c1onc3c1CCCC3)C2. The van der Waals surface area contributed by atoms with Crippen molar-refractivity contribution < 1.29 is 18.8 Å². The summed E-state index contributed by atoms with van der Waals surface area (Å²) in [4.78, 5) is 30.4. The van der Waals surface area contributed by atoms with Crippen LogP contribution in [0, 0.1) is 5.92 Å². The molecule has 2 aromatic heterocycles. The molecule has 0 saturated carbocycles.